The van der Waals surface area contributed by atoms with Gasteiger partial charge in [-0.25, -0.2) is 0 Å². The fourth-order valence-corrected chi connectivity index (χ4v) is 2.60. The van der Waals surface area contributed by atoms with Crippen molar-refractivity contribution in [2.24, 2.45) is 0 Å². The Labute approximate surface area is 128 Å². The Morgan fingerprint density at radius 3 is 2.95 bits per heavy atom. The van der Waals surface area contributed by atoms with Gasteiger partial charge in [0.1, 0.15) is 0 Å². The predicted molar refractivity (Wildman–Crippen MR) is 87.4 cm³/mol. The summed E-state index contributed by atoms with van der Waals surface area (Å²) in [6.07, 6.45) is 7.54. The Morgan fingerprint density at radius 2 is 2.14 bits per heavy atom. The van der Waals surface area contributed by atoms with Gasteiger partial charge in [0.25, 0.3) is 0 Å². The van der Waals surface area contributed by atoms with E-state index in [4.69, 9.17) is 0 Å². The molecule has 0 atom stereocenters. The first-order chi connectivity index (χ1) is 10.4. The average molecular weight is 296 g/mol. The van der Waals surface area contributed by atoms with E-state index in [-0.39, 0.29) is 0 Å². The monoisotopic (exact) mass is 296 g/mol. The Hall–Kier alpha value is -2.27. The van der Waals surface area contributed by atoms with E-state index in [2.05, 4.69) is 51.0 Å². The second-order valence-electron chi connectivity index (χ2n) is 4.60. The molecule has 0 saturated heterocycles. The molecule has 0 unspecified atom stereocenters. The molecule has 2 N–H and O–H groups in total. The van der Waals surface area contributed by atoms with Crippen LogP contribution in [0.5, 0.6) is 0 Å². The lowest BCUT2D eigenvalue weighted by Crippen LogP contribution is -2.00. The number of hydrogen-bond donors (Lipinski definition) is 2. The van der Waals surface area contributed by atoms with Crippen LogP contribution in [0.15, 0.2) is 59.9 Å². The van der Waals surface area contributed by atoms with Gasteiger partial charge in [0.15, 0.2) is 0 Å². The lowest BCUT2D eigenvalue weighted by atomic mass is 10.1. The third-order valence-electron chi connectivity index (χ3n) is 3.22. The minimum absolute atomic E-state index is 0.721. The zero-order valence-corrected chi connectivity index (χ0v) is 12.5. The highest BCUT2D eigenvalue weighted by Gasteiger charge is 2.07. The van der Waals surface area contributed by atoms with Crippen LogP contribution in [0, 0.1) is 0 Å². The van der Waals surface area contributed by atoms with Gasteiger partial charge < -0.3 is 5.32 Å². The molecule has 0 aliphatic heterocycles. The van der Waals surface area contributed by atoms with Gasteiger partial charge in [-0.15, -0.1) is 11.8 Å². The summed E-state index contributed by atoms with van der Waals surface area (Å²) < 4.78 is 0. The largest absolute Gasteiger partial charge is 0.381 e. The van der Waals surface area contributed by atoms with Crippen LogP contribution in [0.2, 0.25) is 0 Å². The fourth-order valence-electron chi connectivity index (χ4n) is 2.14. The van der Waals surface area contributed by atoms with Crippen LogP contribution in [0.4, 0.5) is 5.69 Å². The number of hydrogen-bond acceptors (Lipinski definition) is 4. The molecule has 5 heteroatoms. The first kappa shape index (κ1) is 13.7. The van der Waals surface area contributed by atoms with Crippen molar-refractivity contribution in [2.75, 3.05) is 11.6 Å². The summed E-state index contributed by atoms with van der Waals surface area (Å²) >= 11 is 1.74. The zero-order chi connectivity index (χ0) is 14.5. The summed E-state index contributed by atoms with van der Waals surface area (Å²) in [5.74, 6) is 0. The van der Waals surface area contributed by atoms with E-state index in [0.717, 1.165) is 29.1 Å². The SMILES string of the molecule is CSc1cccc(NCc2cn[nH]c2-c2cccnc2)c1. The molecule has 0 bridgehead atoms. The second kappa shape index (κ2) is 6.45. The Balaban J connectivity index is 1.76. The maximum Gasteiger partial charge on any atom is 0.0715 e. The van der Waals surface area contributed by atoms with Crippen molar-refractivity contribution in [3.05, 3.63) is 60.6 Å². The normalized spacial score (nSPS) is 10.5. The van der Waals surface area contributed by atoms with Crippen LogP contribution in [-0.2, 0) is 6.54 Å². The van der Waals surface area contributed by atoms with Gasteiger partial charge in [0.05, 0.1) is 11.9 Å². The van der Waals surface area contributed by atoms with Crippen LogP contribution in [-0.4, -0.2) is 21.4 Å². The minimum Gasteiger partial charge on any atom is -0.381 e. The zero-order valence-electron chi connectivity index (χ0n) is 11.7. The summed E-state index contributed by atoms with van der Waals surface area (Å²) in [4.78, 5) is 5.40. The minimum atomic E-state index is 0.721. The number of H-pyrrole nitrogens is 1. The molecule has 3 aromatic rings. The molecule has 0 aliphatic rings. The molecule has 0 spiro atoms. The topological polar surface area (TPSA) is 53.6 Å². The highest BCUT2D eigenvalue weighted by Crippen LogP contribution is 2.22. The molecule has 21 heavy (non-hydrogen) atoms. The van der Waals surface area contributed by atoms with Crippen molar-refractivity contribution in [3.8, 4) is 11.3 Å². The van der Waals surface area contributed by atoms with Crippen LogP contribution in [0.1, 0.15) is 5.56 Å². The highest BCUT2D eigenvalue weighted by molar-refractivity contribution is 7.98. The second-order valence-corrected chi connectivity index (χ2v) is 5.48. The van der Waals surface area contributed by atoms with Crippen LogP contribution >= 0.6 is 11.8 Å². The van der Waals surface area contributed by atoms with E-state index in [1.54, 1.807) is 18.0 Å². The van der Waals surface area contributed by atoms with Crippen molar-refractivity contribution >= 4 is 17.4 Å². The van der Waals surface area contributed by atoms with Crippen molar-refractivity contribution in [3.63, 3.8) is 0 Å². The maximum atomic E-state index is 4.15. The van der Waals surface area contributed by atoms with Crippen LogP contribution in [0.3, 0.4) is 0 Å². The van der Waals surface area contributed by atoms with Gasteiger partial charge in [0, 0.05) is 40.6 Å². The lowest BCUT2D eigenvalue weighted by Gasteiger charge is -2.08. The number of rotatable bonds is 5. The van der Waals surface area contributed by atoms with E-state index in [1.807, 2.05) is 24.5 Å². The molecule has 1 aromatic carbocycles. The number of nitrogens with one attached hydrogen (secondary N) is 2. The molecule has 0 amide bonds. The fraction of sp³-hybridized carbons (Fsp3) is 0.125. The standard InChI is InChI=1S/C16H16N4S/c1-21-15-6-2-5-14(8-15)18-10-13-11-19-20-16(13)12-4-3-7-17-9-12/h2-9,11,18H,10H2,1H3,(H,19,20). The van der Waals surface area contributed by atoms with Crippen molar-refractivity contribution in [2.45, 2.75) is 11.4 Å². The number of pyridine rings is 1. The third-order valence-corrected chi connectivity index (χ3v) is 3.95. The molecule has 2 heterocycles. The predicted octanol–water partition coefficient (Wildman–Crippen LogP) is 3.81. The molecular formula is C16H16N4S. The Bertz CT molecular complexity index is 709. The first-order valence-corrected chi connectivity index (χ1v) is 7.90. The van der Waals surface area contributed by atoms with E-state index in [0.29, 0.717) is 0 Å². The van der Waals surface area contributed by atoms with Crippen LogP contribution < -0.4 is 5.32 Å². The highest BCUT2D eigenvalue weighted by atomic mass is 32.2. The molecule has 3 rings (SSSR count). The lowest BCUT2D eigenvalue weighted by molar-refractivity contribution is 1.09. The maximum absolute atomic E-state index is 4.15. The number of anilines is 1. The van der Waals surface area contributed by atoms with E-state index < -0.39 is 0 Å². The molecule has 2 aromatic heterocycles. The summed E-state index contributed by atoms with van der Waals surface area (Å²) in [7, 11) is 0. The van der Waals surface area contributed by atoms with Crippen molar-refractivity contribution in [1.29, 1.82) is 0 Å². The number of aromatic nitrogens is 3. The molecular weight excluding hydrogens is 280 g/mol. The molecule has 0 saturated carbocycles. The van der Waals surface area contributed by atoms with Crippen molar-refractivity contribution < 1.29 is 0 Å². The van der Waals surface area contributed by atoms with Gasteiger partial charge in [-0.1, -0.05) is 6.07 Å². The van der Waals surface area contributed by atoms with E-state index in [9.17, 15) is 0 Å². The number of aromatic amines is 1. The quantitative estimate of drug-likeness (QED) is 0.703. The van der Waals surface area contributed by atoms with Gasteiger partial charge in [-0.2, -0.15) is 5.10 Å². The Morgan fingerprint density at radius 1 is 1.19 bits per heavy atom. The molecule has 0 radical (unpaired) electrons. The van der Waals surface area contributed by atoms with Crippen LogP contribution in [0.25, 0.3) is 11.3 Å². The van der Waals surface area contributed by atoms with Gasteiger partial charge in [0.2, 0.25) is 0 Å². The average Bonchev–Trinajstić information content (AvgIpc) is 3.02. The molecule has 0 aliphatic carbocycles. The summed E-state index contributed by atoms with van der Waals surface area (Å²) in [6.45, 7) is 0.721. The third kappa shape index (κ3) is 3.25. The number of benzene rings is 1. The van der Waals surface area contributed by atoms with E-state index >= 15 is 0 Å². The first-order valence-electron chi connectivity index (χ1n) is 6.67. The van der Waals surface area contributed by atoms with Gasteiger partial charge >= 0.3 is 0 Å². The summed E-state index contributed by atoms with van der Waals surface area (Å²) in [5.41, 5.74) is 4.29. The smallest absolute Gasteiger partial charge is 0.0715 e. The van der Waals surface area contributed by atoms with Gasteiger partial charge in [-0.3, -0.25) is 10.1 Å². The van der Waals surface area contributed by atoms with E-state index in [1.165, 1.54) is 4.90 Å². The summed E-state index contributed by atoms with van der Waals surface area (Å²) in [6, 6.07) is 12.3. The molecule has 0 fully saturated rings. The molecule has 4 nitrogen and oxygen atoms in total. The summed E-state index contributed by atoms with van der Waals surface area (Å²) in [5, 5.41) is 10.6. The van der Waals surface area contributed by atoms with Crippen molar-refractivity contribution in [1.82, 2.24) is 15.2 Å². The Kier molecular flexibility index (Phi) is 4.21. The number of thioether (sulfide) groups is 1. The number of nitrogens with zero attached hydrogens (tertiary/aromatic N) is 2. The van der Waals surface area contributed by atoms with Gasteiger partial charge in [-0.05, 0) is 36.6 Å². The molecule has 106 valence electrons.